The summed E-state index contributed by atoms with van der Waals surface area (Å²) >= 11 is 0. The molecular formula is C24H28N2O4. The molecule has 0 radical (unpaired) electrons. The van der Waals surface area contributed by atoms with Crippen molar-refractivity contribution in [3.05, 3.63) is 69.0 Å². The van der Waals surface area contributed by atoms with Crippen molar-refractivity contribution in [2.24, 2.45) is 0 Å². The smallest absolute Gasteiger partial charge is 0.287 e. The van der Waals surface area contributed by atoms with Crippen LogP contribution in [-0.4, -0.2) is 30.4 Å². The second kappa shape index (κ2) is 8.48. The molecule has 1 N–H and O–H groups in total. The second-order valence-corrected chi connectivity index (χ2v) is 8.20. The molecule has 0 unspecified atom stereocenters. The molecule has 1 saturated heterocycles. The number of piperidine rings is 1. The number of aryl methyl sites for hydroxylation is 3. The lowest BCUT2D eigenvalue weighted by Gasteiger charge is -2.33. The molecular weight excluding hydrogens is 380 g/mol. The summed E-state index contributed by atoms with van der Waals surface area (Å²) in [6, 6.07) is 8.90. The zero-order chi connectivity index (χ0) is 21.3. The molecule has 1 fully saturated rings. The molecule has 30 heavy (non-hydrogen) atoms. The van der Waals surface area contributed by atoms with Gasteiger partial charge in [0.15, 0.2) is 11.2 Å². The molecule has 2 aromatic heterocycles. The van der Waals surface area contributed by atoms with Crippen molar-refractivity contribution in [1.29, 1.82) is 0 Å². The van der Waals surface area contributed by atoms with Crippen LogP contribution in [-0.2, 0) is 0 Å². The Bertz CT molecular complexity index is 1120. The average molecular weight is 408 g/mol. The van der Waals surface area contributed by atoms with Gasteiger partial charge in [-0.25, -0.2) is 0 Å². The van der Waals surface area contributed by atoms with Crippen LogP contribution in [0.25, 0.3) is 11.0 Å². The normalized spacial score (nSPS) is 16.0. The Hall–Kier alpha value is -2.86. The number of hydrogen-bond acceptors (Lipinski definition) is 5. The van der Waals surface area contributed by atoms with E-state index in [1.165, 1.54) is 12.5 Å². The van der Waals surface area contributed by atoms with E-state index >= 15 is 0 Å². The first-order valence-corrected chi connectivity index (χ1v) is 10.6. The van der Waals surface area contributed by atoms with Gasteiger partial charge in [0.2, 0.25) is 0 Å². The van der Waals surface area contributed by atoms with Gasteiger partial charge < -0.3 is 14.2 Å². The quantitative estimate of drug-likeness (QED) is 0.682. The summed E-state index contributed by atoms with van der Waals surface area (Å²) < 4.78 is 11.7. The van der Waals surface area contributed by atoms with Gasteiger partial charge in [-0.15, -0.1) is 0 Å². The molecule has 6 heteroatoms. The summed E-state index contributed by atoms with van der Waals surface area (Å²) in [7, 11) is 0. The van der Waals surface area contributed by atoms with Gasteiger partial charge in [0.05, 0.1) is 11.4 Å². The number of nitrogens with one attached hydrogen (secondary N) is 1. The summed E-state index contributed by atoms with van der Waals surface area (Å²) in [5.41, 5.74) is 2.08. The van der Waals surface area contributed by atoms with Crippen LogP contribution in [0, 0.1) is 20.8 Å². The first-order valence-electron chi connectivity index (χ1n) is 10.6. The fourth-order valence-corrected chi connectivity index (χ4v) is 4.32. The Balaban J connectivity index is 1.56. The molecule has 1 atom stereocenters. The number of rotatable bonds is 5. The summed E-state index contributed by atoms with van der Waals surface area (Å²) in [5, 5.41) is 3.47. The number of amides is 1. The average Bonchev–Trinajstić information content (AvgIpc) is 3.14. The number of carbonyl (C=O) groups is 1. The Morgan fingerprint density at radius 2 is 1.83 bits per heavy atom. The molecule has 0 aliphatic carbocycles. The first-order chi connectivity index (χ1) is 14.4. The van der Waals surface area contributed by atoms with E-state index in [1.807, 2.05) is 39.0 Å². The number of benzene rings is 1. The van der Waals surface area contributed by atoms with Crippen LogP contribution in [0.3, 0.4) is 0 Å². The molecule has 3 aromatic rings. The Kier molecular flexibility index (Phi) is 5.77. The summed E-state index contributed by atoms with van der Waals surface area (Å²) in [6.07, 6.45) is 3.51. The second-order valence-electron chi connectivity index (χ2n) is 8.20. The van der Waals surface area contributed by atoms with E-state index in [2.05, 4.69) is 10.2 Å². The molecule has 6 nitrogen and oxygen atoms in total. The summed E-state index contributed by atoms with van der Waals surface area (Å²) in [4.78, 5) is 27.8. The molecule has 3 heterocycles. The van der Waals surface area contributed by atoms with E-state index in [1.54, 1.807) is 6.07 Å². The fraction of sp³-hybridized carbons (Fsp3) is 0.417. The van der Waals surface area contributed by atoms with Crippen molar-refractivity contribution in [1.82, 2.24) is 10.2 Å². The van der Waals surface area contributed by atoms with Gasteiger partial charge >= 0.3 is 0 Å². The summed E-state index contributed by atoms with van der Waals surface area (Å²) in [5.74, 6) is 1.34. The minimum Gasteiger partial charge on any atom is -0.465 e. The topological polar surface area (TPSA) is 75.7 Å². The van der Waals surface area contributed by atoms with Crippen LogP contribution >= 0.6 is 0 Å². The Morgan fingerprint density at radius 3 is 2.53 bits per heavy atom. The Morgan fingerprint density at radius 1 is 1.07 bits per heavy atom. The lowest BCUT2D eigenvalue weighted by atomic mass is 10.1. The predicted molar refractivity (Wildman–Crippen MR) is 116 cm³/mol. The number of likely N-dealkylation sites (tertiary alicyclic amines) is 1. The lowest BCUT2D eigenvalue weighted by Crippen LogP contribution is -2.40. The molecule has 1 aromatic carbocycles. The molecule has 0 bridgehead atoms. The van der Waals surface area contributed by atoms with Gasteiger partial charge in [-0.1, -0.05) is 12.5 Å². The van der Waals surface area contributed by atoms with Crippen LogP contribution in [0.2, 0.25) is 0 Å². The van der Waals surface area contributed by atoms with Crippen molar-refractivity contribution >= 4 is 16.9 Å². The van der Waals surface area contributed by atoms with Crippen molar-refractivity contribution in [2.75, 3.05) is 19.6 Å². The molecule has 1 amide bonds. The highest BCUT2D eigenvalue weighted by atomic mass is 16.3. The molecule has 158 valence electrons. The maximum Gasteiger partial charge on any atom is 0.287 e. The van der Waals surface area contributed by atoms with E-state index in [-0.39, 0.29) is 17.2 Å². The highest BCUT2D eigenvalue weighted by molar-refractivity contribution is 5.93. The van der Waals surface area contributed by atoms with Gasteiger partial charge in [-0.3, -0.25) is 14.5 Å². The summed E-state index contributed by atoms with van der Waals surface area (Å²) in [6.45, 7) is 8.07. The van der Waals surface area contributed by atoms with Crippen LogP contribution < -0.4 is 10.7 Å². The van der Waals surface area contributed by atoms with Crippen molar-refractivity contribution in [3.63, 3.8) is 0 Å². The fourth-order valence-electron chi connectivity index (χ4n) is 4.32. The van der Waals surface area contributed by atoms with E-state index in [0.717, 1.165) is 48.6 Å². The number of nitrogens with zero attached hydrogens (tertiary/aromatic N) is 1. The largest absolute Gasteiger partial charge is 0.465 e. The zero-order valence-corrected chi connectivity index (χ0v) is 17.8. The number of carbonyl (C=O) groups excluding carboxylic acids is 1. The third-order valence-corrected chi connectivity index (χ3v) is 5.77. The number of hydrogen-bond donors (Lipinski definition) is 1. The zero-order valence-electron chi connectivity index (χ0n) is 17.8. The number of fused-ring (bicyclic) bond motifs is 1. The van der Waals surface area contributed by atoms with Gasteiger partial charge in [0.1, 0.15) is 17.1 Å². The van der Waals surface area contributed by atoms with Gasteiger partial charge in [0, 0.05) is 12.6 Å². The SMILES string of the molecule is Cc1cc(C)c2c(=O)cc(C(=O)NC[C@@H](c3ccc(C)o3)N3CCCCC3)oc2c1. The minimum atomic E-state index is -0.390. The molecule has 1 aliphatic heterocycles. The van der Waals surface area contributed by atoms with Crippen LogP contribution in [0.5, 0.6) is 0 Å². The van der Waals surface area contributed by atoms with E-state index in [9.17, 15) is 9.59 Å². The molecule has 0 spiro atoms. The van der Waals surface area contributed by atoms with Gasteiger partial charge in [-0.2, -0.15) is 0 Å². The minimum absolute atomic E-state index is 0.0329. The standard InChI is InChI=1S/C24H28N2O4/c1-15-11-16(2)23-19(27)13-22(30-21(23)12-15)24(28)25-14-18(20-8-7-17(3)29-20)26-9-5-4-6-10-26/h7-8,11-13,18H,4-6,9-10,14H2,1-3H3,(H,25,28)/t18-/m0/s1. The first kappa shape index (κ1) is 20.4. The number of furan rings is 1. The molecule has 0 saturated carbocycles. The van der Waals surface area contributed by atoms with E-state index < -0.39 is 5.91 Å². The van der Waals surface area contributed by atoms with Gasteiger partial charge in [0.25, 0.3) is 5.91 Å². The molecule has 1 aliphatic rings. The van der Waals surface area contributed by atoms with Crippen molar-refractivity contribution in [3.8, 4) is 0 Å². The van der Waals surface area contributed by atoms with Crippen molar-refractivity contribution < 1.29 is 13.6 Å². The van der Waals surface area contributed by atoms with E-state index in [0.29, 0.717) is 17.5 Å². The maximum absolute atomic E-state index is 12.8. The monoisotopic (exact) mass is 408 g/mol. The lowest BCUT2D eigenvalue weighted by molar-refractivity contribution is 0.0887. The Labute approximate surface area is 175 Å². The highest BCUT2D eigenvalue weighted by Gasteiger charge is 2.26. The predicted octanol–water partition coefficient (Wildman–Crippen LogP) is 4.27. The van der Waals surface area contributed by atoms with Crippen LogP contribution in [0.1, 0.15) is 58.5 Å². The van der Waals surface area contributed by atoms with Crippen LogP contribution in [0.4, 0.5) is 0 Å². The van der Waals surface area contributed by atoms with Crippen molar-refractivity contribution in [2.45, 2.75) is 46.1 Å². The van der Waals surface area contributed by atoms with Crippen LogP contribution in [0.15, 0.2) is 44.0 Å². The van der Waals surface area contributed by atoms with Gasteiger partial charge in [-0.05, 0) is 76.0 Å². The van der Waals surface area contributed by atoms with E-state index in [4.69, 9.17) is 8.83 Å². The highest BCUT2D eigenvalue weighted by Crippen LogP contribution is 2.26. The molecule has 4 rings (SSSR count). The third kappa shape index (κ3) is 4.19. The maximum atomic E-state index is 12.8. The third-order valence-electron chi connectivity index (χ3n) is 5.77.